The van der Waals surface area contributed by atoms with Gasteiger partial charge >= 0.3 is 72.3 Å². The molecule has 0 unspecified atom stereocenters. The summed E-state index contributed by atoms with van der Waals surface area (Å²) in [5.41, 5.74) is 0. The maximum absolute atomic E-state index is 2.52. The third-order valence-electron chi connectivity index (χ3n) is 1.97. The van der Waals surface area contributed by atoms with Gasteiger partial charge in [-0.25, -0.2) is 0 Å². The Labute approximate surface area is 72.7 Å². The van der Waals surface area contributed by atoms with Crippen molar-refractivity contribution in [2.24, 2.45) is 0 Å². The molecule has 0 aromatic carbocycles. The van der Waals surface area contributed by atoms with E-state index in [2.05, 4.69) is 34.8 Å². The quantitative estimate of drug-likeness (QED) is 0.411. The Bertz CT molecular complexity index is 112. The molecule has 0 aliphatic carbocycles. The van der Waals surface area contributed by atoms with Crippen LogP contribution in [0.4, 0.5) is 0 Å². The molecular weight excluding hydrogens is 117 g/mol. The van der Waals surface area contributed by atoms with Crippen molar-refractivity contribution >= 4 is 17.7 Å². The van der Waals surface area contributed by atoms with E-state index in [4.69, 9.17) is 0 Å². The van der Waals surface area contributed by atoms with Gasteiger partial charge in [0.1, 0.15) is 0 Å². The van der Waals surface area contributed by atoms with Crippen LogP contribution in [0.1, 0.15) is 12.8 Å². The summed E-state index contributed by atoms with van der Waals surface area (Å²) < 4.78 is 0. The van der Waals surface area contributed by atoms with Crippen LogP contribution in [0, 0.1) is 0 Å². The SMILES string of the molecule is [Li][CH2]CCN1CC=CCC1. The molecule has 1 heterocycles. The maximum atomic E-state index is 2.52. The van der Waals surface area contributed by atoms with E-state index in [0.29, 0.717) is 0 Å². The molecule has 0 spiro atoms. The van der Waals surface area contributed by atoms with Gasteiger partial charge in [0.2, 0.25) is 0 Å². The van der Waals surface area contributed by atoms with Crippen molar-refractivity contribution in [1.29, 1.82) is 0 Å². The van der Waals surface area contributed by atoms with Gasteiger partial charge in [0.25, 0.3) is 0 Å². The first kappa shape index (κ1) is 8.39. The molecule has 0 aromatic rings. The van der Waals surface area contributed by atoms with Crippen molar-refractivity contribution in [2.75, 3.05) is 19.6 Å². The van der Waals surface area contributed by atoms with Gasteiger partial charge in [-0.15, -0.1) is 0 Å². The van der Waals surface area contributed by atoms with Crippen LogP contribution in [0.15, 0.2) is 12.2 Å². The Kier molecular flexibility index (Phi) is 4.21. The Morgan fingerprint density at radius 1 is 1.40 bits per heavy atom. The van der Waals surface area contributed by atoms with Crippen LogP contribution >= 0.6 is 0 Å². The van der Waals surface area contributed by atoms with Crippen LogP contribution in [0.2, 0.25) is 5.09 Å². The fraction of sp³-hybridized carbons (Fsp3) is 0.750. The second kappa shape index (κ2) is 5.02. The first-order valence-electron chi connectivity index (χ1n) is 4.31. The second-order valence-electron chi connectivity index (χ2n) is 2.91. The predicted octanol–water partition coefficient (Wildman–Crippen LogP) is 1.23. The topological polar surface area (TPSA) is 3.24 Å². The van der Waals surface area contributed by atoms with Gasteiger partial charge in [0, 0.05) is 0 Å². The molecule has 1 rings (SSSR count). The summed E-state index contributed by atoms with van der Waals surface area (Å²) in [5, 5.41) is 1.32. The minimum atomic E-state index is 1.18. The third kappa shape index (κ3) is 2.92. The minimum absolute atomic E-state index is 1.18. The second-order valence-corrected chi connectivity index (χ2v) is 2.91. The van der Waals surface area contributed by atoms with Gasteiger partial charge in [-0.2, -0.15) is 0 Å². The molecule has 0 fully saturated rings. The van der Waals surface area contributed by atoms with E-state index in [1.54, 1.807) is 0 Å². The molecule has 0 bridgehead atoms. The van der Waals surface area contributed by atoms with E-state index in [0.717, 1.165) is 0 Å². The molecular formula is C8H14LiN. The van der Waals surface area contributed by atoms with Crippen LogP contribution in [0.25, 0.3) is 0 Å². The fourth-order valence-electron chi connectivity index (χ4n) is 1.27. The zero-order chi connectivity index (χ0) is 7.23. The van der Waals surface area contributed by atoms with E-state index in [9.17, 15) is 0 Å². The monoisotopic (exact) mass is 131 g/mol. The summed E-state index contributed by atoms with van der Waals surface area (Å²) in [6, 6.07) is 0. The van der Waals surface area contributed by atoms with Gasteiger partial charge in [-0.05, 0) is 0 Å². The van der Waals surface area contributed by atoms with Crippen molar-refractivity contribution in [2.45, 2.75) is 17.9 Å². The summed E-state index contributed by atoms with van der Waals surface area (Å²) in [4.78, 5) is 2.52. The third-order valence-corrected chi connectivity index (χ3v) is 1.97. The molecule has 0 N–H and O–H groups in total. The van der Waals surface area contributed by atoms with Crippen LogP contribution in [-0.4, -0.2) is 42.2 Å². The summed E-state index contributed by atoms with van der Waals surface area (Å²) >= 11 is 2.25. The Morgan fingerprint density at radius 2 is 2.30 bits per heavy atom. The van der Waals surface area contributed by atoms with Crippen molar-refractivity contribution < 1.29 is 0 Å². The molecule has 0 radical (unpaired) electrons. The molecule has 0 atom stereocenters. The molecule has 0 amide bonds. The first-order chi connectivity index (χ1) is 4.93. The molecule has 1 nitrogen and oxygen atoms in total. The van der Waals surface area contributed by atoms with E-state index < -0.39 is 0 Å². The van der Waals surface area contributed by atoms with Crippen LogP contribution in [-0.2, 0) is 0 Å². The van der Waals surface area contributed by atoms with Gasteiger partial charge in [-0.3, -0.25) is 0 Å². The van der Waals surface area contributed by atoms with Gasteiger partial charge in [0.15, 0.2) is 0 Å². The first-order valence-corrected chi connectivity index (χ1v) is 4.31. The summed E-state index contributed by atoms with van der Waals surface area (Å²) in [7, 11) is 0. The van der Waals surface area contributed by atoms with Gasteiger partial charge in [0.05, 0.1) is 0 Å². The molecule has 1 aliphatic rings. The number of rotatable bonds is 3. The van der Waals surface area contributed by atoms with E-state index in [1.165, 1.54) is 37.6 Å². The van der Waals surface area contributed by atoms with Crippen molar-refractivity contribution in [3.05, 3.63) is 12.2 Å². The Balaban J connectivity index is 2.10. The molecule has 10 heavy (non-hydrogen) atoms. The standard InChI is InChI=1S/C8H14N.Li/c1-2-6-9-7-4-3-5-8-9;/h3-4H,1-2,5-8H2;. The average molecular weight is 131 g/mol. The molecule has 0 saturated carbocycles. The molecule has 0 saturated heterocycles. The zero-order valence-corrected chi connectivity index (χ0v) is 6.84. The van der Waals surface area contributed by atoms with E-state index in [-0.39, 0.29) is 0 Å². The average Bonchev–Trinajstić information content (AvgIpc) is 2.03. The van der Waals surface area contributed by atoms with Crippen molar-refractivity contribution in [3.63, 3.8) is 0 Å². The van der Waals surface area contributed by atoms with Crippen LogP contribution < -0.4 is 0 Å². The van der Waals surface area contributed by atoms with Crippen molar-refractivity contribution in [1.82, 2.24) is 4.90 Å². The van der Waals surface area contributed by atoms with Crippen molar-refractivity contribution in [3.8, 4) is 0 Å². The van der Waals surface area contributed by atoms with E-state index >= 15 is 0 Å². The molecule has 2 heteroatoms. The number of hydrogen-bond donors (Lipinski definition) is 0. The Hall–Kier alpha value is 0.297. The predicted molar refractivity (Wildman–Crippen MR) is 45.4 cm³/mol. The van der Waals surface area contributed by atoms with Crippen LogP contribution in [0.3, 0.4) is 0 Å². The normalized spacial score (nSPS) is 19.8. The molecule has 1 aliphatic heterocycles. The van der Waals surface area contributed by atoms with Gasteiger partial charge < -0.3 is 0 Å². The zero-order valence-electron chi connectivity index (χ0n) is 6.84. The number of nitrogens with zero attached hydrogens (tertiary/aromatic N) is 1. The van der Waals surface area contributed by atoms with Crippen LogP contribution in [0.5, 0.6) is 0 Å². The van der Waals surface area contributed by atoms with E-state index in [1.807, 2.05) is 0 Å². The Morgan fingerprint density at radius 3 is 2.90 bits per heavy atom. The summed E-state index contributed by atoms with van der Waals surface area (Å²) in [6.07, 6.45) is 7.17. The number of hydrogen-bond acceptors (Lipinski definition) is 1. The fourth-order valence-corrected chi connectivity index (χ4v) is 1.27. The molecule has 0 aromatic heterocycles. The summed E-state index contributed by atoms with van der Waals surface area (Å²) in [5.74, 6) is 0. The molecule has 52 valence electrons. The van der Waals surface area contributed by atoms with Gasteiger partial charge in [-0.1, -0.05) is 0 Å². The summed E-state index contributed by atoms with van der Waals surface area (Å²) in [6.45, 7) is 3.75.